The van der Waals surface area contributed by atoms with Crippen molar-refractivity contribution in [3.05, 3.63) is 47.7 Å². The lowest BCUT2D eigenvalue weighted by atomic mass is 10.1. The van der Waals surface area contributed by atoms with Crippen molar-refractivity contribution in [3.63, 3.8) is 0 Å². The number of H-pyrrole nitrogens is 1. The van der Waals surface area contributed by atoms with Crippen LogP contribution in [0.3, 0.4) is 0 Å². The molecule has 2 atom stereocenters. The molecule has 0 radical (unpaired) electrons. The largest absolute Gasteiger partial charge is 0.479 e. The number of methoxy groups -OCH3 is 1. The normalized spacial score (nSPS) is 15.8. The fourth-order valence-electron chi connectivity index (χ4n) is 3.28. The van der Waals surface area contributed by atoms with Crippen LogP contribution in [0.5, 0.6) is 5.88 Å². The van der Waals surface area contributed by atoms with Gasteiger partial charge in [-0.15, -0.1) is 5.10 Å². The van der Waals surface area contributed by atoms with Crippen LogP contribution in [0.15, 0.2) is 36.4 Å². The Kier molecular flexibility index (Phi) is 4.87. The number of aromatic nitrogens is 3. The first-order chi connectivity index (χ1) is 13.6. The maximum Gasteiger partial charge on any atom is 0.320 e. The minimum absolute atomic E-state index is 0.159. The number of urea groups is 1. The van der Waals surface area contributed by atoms with E-state index in [-0.39, 0.29) is 18.0 Å². The highest BCUT2D eigenvalue weighted by Gasteiger charge is 2.34. The Bertz CT molecular complexity index is 984. The van der Waals surface area contributed by atoms with Crippen molar-refractivity contribution >= 4 is 22.8 Å². The summed E-state index contributed by atoms with van der Waals surface area (Å²) in [6.45, 7) is 1.91. The highest BCUT2D eigenvalue weighted by molar-refractivity contribution is 5.93. The maximum absolute atomic E-state index is 12.4. The topological polar surface area (TPSA) is 112 Å². The molecule has 0 spiro atoms. The third-order valence-electron chi connectivity index (χ3n) is 4.97. The van der Waals surface area contributed by atoms with E-state index < -0.39 is 6.10 Å². The number of fused-ring (bicyclic) bond motifs is 1. The van der Waals surface area contributed by atoms with E-state index in [4.69, 9.17) is 4.74 Å². The van der Waals surface area contributed by atoms with Crippen molar-refractivity contribution < 1.29 is 14.6 Å². The van der Waals surface area contributed by atoms with Crippen molar-refractivity contribution in [2.24, 2.45) is 5.92 Å². The summed E-state index contributed by atoms with van der Waals surface area (Å²) < 4.78 is 5.29. The van der Waals surface area contributed by atoms with Crippen LogP contribution in [0.1, 0.15) is 43.2 Å². The van der Waals surface area contributed by atoms with E-state index in [9.17, 15) is 9.90 Å². The number of ether oxygens (including phenoxy) is 1. The zero-order valence-electron chi connectivity index (χ0n) is 15.8. The summed E-state index contributed by atoms with van der Waals surface area (Å²) in [6.07, 6.45) is 1.19. The van der Waals surface area contributed by atoms with Crippen LogP contribution >= 0.6 is 0 Å². The van der Waals surface area contributed by atoms with E-state index in [0.717, 1.165) is 18.4 Å². The highest BCUT2D eigenvalue weighted by atomic mass is 16.5. The predicted octanol–water partition coefficient (Wildman–Crippen LogP) is 3.29. The third-order valence-corrected chi connectivity index (χ3v) is 4.97. The molecule has 1 fully saturated rings. The second-order valence-corrected chi connectivity index (χ2v) is 7.06. The Labute approximate surface area is 162 Å². The number of carbonyl (C=O) groups is 1. The van der Waals surface area contributed by atoms with Gasteiger partial charge >= 0.3 is 6.03 Å². The molecule has 4 N–H and O–H groups in total. The average molecular weight is 381 g/mol. The summed E-state index contributed by atoms with van der Waals surface area (Å²) in [5, 5.41) is 23.9. The summed E-state index contributed by atoms with van der Waals surface area (Å²) in [4.78, 5) is 16.9. The number of aromatic amines is 1. The summed E-state index contributed by atoms with van der Waals surface area (Å²) in [7, 11) is 1.52. The van der Waals surface area contributed by atoms with Gasteiger partial charge in [-0.1, -0.05) is 30.3 Å². The van der Waals surface area contributed by atoms with Gasteiger partial charge in [0.05, 0.1) is 35.9 Å². The van der Waals surface area contributed by atoms with Gasteiger partial charge in [0.25, 0.3) is 0 Å². The number of aliphatic hydroxyl groups is 1. The smallest absolute Gasteiger partial charge is 0.320 e. The lowest BCUT2D eigenvalue weighted by molar-refractivity contribution is 0.151. The van der Waals surface area contributed by atoms with Crippen LogP contribution in [0, 0.1) is 5.92 Å². The summed E-state index contributed by atoms with van der Waals surface area (Å²) in [5.41, 5.74) is 2.12. The first-order valence-electron chi connectivity index (χ1n) is 9.30. The van der Waals surface area contributed by atoms with E-state index in [2.05, 4.69) is 25.8 Å². The first kappa shape index (κ1) is 18.2. The fourth-order valence-corrected chi connectivity index (χ4v) is 3.28. The van der Waals surface area contributed by atoms with E-state index in [0.29, 0.717) is 28.3 Å². The van der Waals surface area contributed by atoms with Crippen LogP contribution < -0.4 is 15.4 Å². The van der Waals surface area contributed by atoms with Gasteiger partial charge in [-0.05, 0) is 31.2 Å². The molecule has 146 valence electrons. The van der Waals surface area contributed by atoms with Gasteiger partial charge in [0, 0.05) is 6.07 Å². The zero-order valence-corrected chi connectivity index (χ0v) is 15.8. The number of nitrogens with zero attached hydrogens (tertiary/aromatic N) is 2. The number of aliphatic hydroxyl groups excluding tert-OH is 1. The first-order valence-corrected chi connectivity index (χ1v) is 9.30. The minimum Gasteiger partial charge on any atom is -0.479 e. The summed E-state index contributed by atoms with van der Waals surface area (Å²) in [5.74, 6) is 0.898. The lowest BCUT2D eigenvalue weighted by Crippen LogP contribution is -2.31. The maximum atomic E-state index is 12.4. The Balaban J connectivity index is 1.57. The standard InChI is InChI=1S/C20H23N5O3/c1-11(12-6-4-3-5-7-12)21-20(27)23-15-10-14-16(19(28-2)25-24-14)17(22-15)18(26)13-8-9-13/h3-7,10-11,13,18,26H,8-9H2,1-2H3,(H,24,25)(H2,21,22,23,27). The number of benzene rings is 1. The Hall–Kier alpha value is -3.13. The number of hydrogen-bond acceptors (Lipinski definition) is 5. The van der Waals surface area contributed by atoms with Crippen LogP contribution in [-0.4, -0.2) is 33.4 Å². The predicted molar refractivity (Wildman–Crippen MR) is 105 cm³/mol. The Morgan fingerprint density at radius 2 is 2.07 bits per heavy atom. The van der Waals surface area contributed by atoms with Gasteiger partial charge in [0.15, 0.2) is 0 Å². The van der Waals surface area contributed by atoms with E-state index >= 15 is 0 Å². The number of pyridine rings is 1. The van der Waals surface area contributed by atoms with Gasteiger partial charge in [0.1, 0.15) is 5.82 Å². The average Bonchev–Trinajstić information content (AvgIpc) is 3.47. The number of anilines is 1. The van der Waals surface area contributed by atoms with Gasteiger partial charge in [-0.3, -0.25) is 10.4 Å². The molecule has 3 aromatic rings. The van der Waals surface area contributed by atoms with Crippen molar-refractivity contribution in [1.29, 1.82) is 0 Å². The van der Waals surface area contributed by atoms with Crippen molar-refractivity contribution in [3.8, 4) is 5.88 Å². The molecule has 28 heavy (non-hydrogen) atoms. The van der Waals surface area contributed by atoms with Gasteiger partial charge in [-0.25, -0.2) is 9.78 Å². The van der Waals surface area contributed by atoms with Crippen LogP contribution in [0.25, 0.3) is 10.9 Å². The van der Waals surface area contributed by atoms with Crippen LogP contribution in [0.4, 0.5) is 10.6 Å². The number of nitrogens with one attached hydrogen (secondary N) is 3. The van der Waals surface area contributed by atoms with Crippen molar-refractivity contribution in [2.45, 2.75) is 31.9 Å². The van der Waals surface area contributed by atoms with Gasteiger partial charge in [-0.2, -0.15) is 0 Å². The van der Waals surface area contributed by atoms with Crippen LogP contribution in [0.2, 0.25) is 0 Å². The van der Waals surface area contributed by atoms with E-state index in [1.165, 1.54) is 7.11 Å². The number of carbonyl (C=O) groups excluding carboxylic acids is 1. The molecule has 1 aromatic carbocycles. The number of amides is 2. The molecule has 4 rings (SSSR count). The number of rotatable bonds is 6. The molecule has 8 nitrogen and oxygen atoms in total. The molecule has 0 saturated heterocycles. The molecule has 0 aliphatic heterocycles. The molecular formula is C20H23N5O3. The molecule has 2 amide bonds. The molecule has 8 heteroatoms. The zero-order chi connectivity index (χ0) is 19.7. The second kappa shape index (κ2) is 7.47. The summed E-state index contributed by atoms with van der Waals surface area (Å²) in [6, 6.07) is 10.8. The quantitative estimate of drug-likeness (QED) is 0.523. The fraction of sp³-hybridized carbons (Fsp3) is 0.350. The molecule has 1 saturated carbocycles. The van der Waals surface area contributed by atoms with E-state index in [1.807, 2.05) is 37.3 Å². The van der Waals surface area contributed by atoms with Gasteiger partial charge < -0.3 is 15.2 Å². The van der Waals surface area contributed by atoms with Crippen molar-refractivity contribution in [2.75, 3.05) is 12.4 Å². The van der Waals surface area contributed by atoms with Gasteiger partial charge in [0.2, 0.25) is 5.88 Å². The molecule has 2 heterocycles. The third kappa shape index (κ3) is 3.63. The second-order valence-electron chi connectivity index (χ2n) is 7.06. The minimum atomic E-state index is -0.720. The molecule has 1 aliphatic carbocycles. The van der Waals surface area contributed by atoms with Crippen LogP contribution in [-0.2, 0) is 0 Å². The molecule has 2 aromatic heterocycles. The van der Waals surface area contributed by atoms with Crippen molar-refractivity contribution in [1.82, 2.24) is 20.5 Å². The Morgan fingerprint density at radius 3 is 2.75 bits per heavy atom. The Morgan fingerprint density at radius 1 is 1.32 bits per heavy atom. The SMILES string of the molecule is COc1n[nH]c2cc(NC(=O)NC(C)c3ccccc3)nc(C(O)C3CC3)c12. The molecule has 0 bridgehead atoms. The molecule has 1 aliphatic rings. The van der Waals surface area contributed by atoms with E-state index in [1.54, 1.807) is 6.07 Å². The monoisotopic (exact) mass is 381 g/mol. The summed E-state index contributed by atoms with van der Waals surface area (Å²) >= 11 is 0. The highest BCUT2D eigenvalue weighted by Crippen LogP contribution is 2.43. The lowest BCUT2D eigenvalue weighted by Gasteiger charge is -2.16. The molecular weight excluding hydrogens is 358 g/mol. The number of hydrogen-bond donors (Lipinski definition) is 4. The molecule has 2 unspecified atom stereocenters.